The largest absolute Gasteiger partial charge is 0.481 e. The Kier molecular flexibility index (Phi) is 17.5. The summed E-state index contributed by atoms with van der Waals surface area (Å²) in [6.45, 7) is 16.9. The lowest BCUT2D eigenvalue weighted by Crippen LogP contribution is -2.42. The SMILES string of the molecule is CC(C)N(C(=O)Cc1ccccc1I)C(C)C.CC(C)NC(C)C.O=C(O)Cc1ccccc1I. The molecule has 2 N–H and O–H groups in total. The molecule has 0 aliphatic rings. The zero-order valence-electron chi connectivity index (χ0n) is 22.3. The van der Waals surface area contributed by atoms with Gasteiger partial charge in [-0.2, -0.15) is 0 Å². The Bertz CT molecular complexity index is 885. The first-order chi connectivity index (χ1) is 16.3. The number of carbonyl (C=O) groups excluding carboxylic acids is 1. The van der Waals surface area contributed by atoms with Crippen molar-refractivity contribution in [3.8, 4) is 0 Å². The Hall–Kier alpha value is -1.20. The van der Waals surface area contributed by atoms with E-state index in [2.05, 4.69) is 106 Å². The third-order valence-corrected chi connectivity index (χ3v) is 6.77. The maximum absolute atomic E-state index is 12.3. The molecule has 2 rings (SSSR count). The number of aliphatic carboxylic acids is 1. The quantitative estimate of drug-likeness (QED) is 0.297. The molecule has 196 valence electrons. The van der Waals surface area contributed by atoms with Crippen LogP contribution in [-0.4, -0.2) is 46.1 Å². The number of hydrogen-bond acceptors (Lipinski definition) is 3. The van der Waals surface area contributed by atoms with Gasteiger partial charge in [0.2, 0.25) is 5.91 Å². The molecule has 0 aliphatic heterocycles. The lowest BCUT2D eigenvalue weighted by Gasteiger charge is -2.31. The van der Waals surface area contributed by atoms with Gasteiger partial charge in [-0.1, -0.05) is 64.1 Å². The molecule has 0 aliphatic carbocycles. The lowest BCUT2D eigenvalue weighted by molar-refractivity contribution is -0.136. The summed E-state index contributed by atoms with van der Waals surface area (Å²) in [5.41, 5.74) is 1.99. The van der Waals surface area contributed by atoms with Gasteiger partial charge in [0.05, 0.1) is 12.8 Å². The summed E-state index contributed by atoms with van der Waals surface area (Å²) in [5, 5.41) is 11.8. The maximum Gasteiger partial charge on any atom is 0.307 e. The van der Waals surface area contributed by atoms with Gasteiger partial charge < -0.3 is 15.3 Å². The predicted molar refractivity (Wildman–Crippen MR) is 164 cm³/mol. The van der Waals surface area contributed by atoms with Crippen molar-refractivity contribution in [2.45, 2.75) is 92.4 Å². The molecule has 0 saturated carbocycles. The van der Waals surface area contributed by atoms with Crippen molar-refractivity contribution < 1.29 is 14.7 Å². The molecule has 0 atom stereocenters. The zero-order chi connectivity index (χ0) is 27.1. The van der Waals surface area contributed by atoms with Crippen molar-refractivity contribution >= 4 is 57.1 Å². The van der Waals surface area contributed by atoms with E-state index in [-0.39, 0.29) is 24.4 Å². The van der Waals surface area contributed by atoms with Crippen LogP contribution in [0.1, 0.15) is 66.5 Å². The van der Waals surface area contributed by atoms with Gasteiger partial charge in [-0.3, -0.25) is 9.59 Å². The fourth-order valence-electron chi connectivity index (χ4n) is 3.54. The molecule has 0 heterocycles. The minimum atomic E-state index is -0.783. The minimum Gasteiger partial charge on any atom is -0.481 e. The van der Waals surface area contributed by atoms with Gasteiger partial charge in [-0.25, -0.2) is 0 Å². The molecule has 0 unspecified atom stereocenters. The van der Waals surface area contributed by atoms with E-state index in [1.807, 2.05) is 53.4 Å². The first-order valence-electron chi connectivity index (χ1n) is 12.0. The monoisotopic (exact) mass is 708 g/mol. The Morgan fingerprint density at radius 1 is 0.743 bits per heavy atom. The predicted octanol–water partition coefficient (Wildman–Crippen LogP) is 6.79. The second-order valence-electron chi connectivity index (χ2n) is 9.39. The fraction of sp³-hybridized carbons (Fsp3) is 0.500. The van der Waals surface area contributed by atoms with Gasteiger partial charge in [-0.15, -0.1) is 0 Å². The smallest absolute Gasteiger partial charge is 0.307 e. The van der Waals surface area contributed by atoms with Crippen molar-refractivity contribution in [2.24, 2.45) is 0 Å². The minimum absolute atomic E-state index is 0.110. The van der Waals surface area contributed by atoms with Crippen LogP contribution in [0, 0.1) is 7.14 Å². The average molecular weight is 708 g/mol. The van der Waals surface area contributed by atoms with Gasteiger partial charge in [0, 0.05) is 31.3 Å². The highest BCUT2D eigenvalue weighted by Gasteiger charge is 2.20. The van der Waals surface area contributed by atoms with E-state index in [0.29, 0.717) is 18.5 Å². The summed E-state index contributed by atoms with van der Waals surface area (Å²) < 4.78 is 2.17. The molecule has 0 spiro atoms. The van der Waals surface area contributed by atoms with Crippen LogP contribution in [0.25, 0.3) is 0 Å². The number of carbonyl (C=O) groups is 2. The number of nitrogens with zero attached hydrogens (tertiary/aromatic N) is 1. The fourth-order valence-corrected chi connectivity index (χ4v) is 4.70. The maximum atomic E-state index is 12.3. The van der Waals surface area contributed by atoms with E-state index < -0.39 is 5.97 Å². The number of carboxylic acids is 1. The molecule has 5 nitrogen and oxygen atoms in total. The Labute approximate surface area is 239 Å². The number of nitrogens with one attached hydrogen (secondary N) is 1. The number of halogens is 2. The third kappa shape index (κ3) is 15.5. The number of hydrogen-bond donors (Lipinski definition) is 2. The van der Waals surface area contributed by atoms with Crippen molar-refractivity contribution in [3.05, 3.63) is 66.8 Å². The summed E-state index contributed by atoms with van der Waals surface area (Å²) >= 11 is 4.41. The van der Waals surface area contributed by atoms with E-state index in [0.717, 1.165) is 18.3 Å². The van der Waals surface area contributed by atoms with Crippen molar-refractivity contribution in [1.29, 1.82) is 0 Å². The van der Waals surface area contributed by atoms with Crippen molar-refractivity contribution in [2.75, 3.05) is 0 Å². The first kappa shape index (κ1) is 33.8. The molecular formula is C28H42I2N2O3. The van der Waals surface area contributed by atoms with E-state index in [9.17, 15) is 9.59 Å². The molecule has 0 fully saturated rings. The Morgan fingerprint density at radius 3 is 1.40 bits per heavy atom. The van der Waals surface area contributed by atoms with Gasteiger partial charge in [0.1, 0.15) is 0 Å². The average Bonchev–Trinajstić information content (AvgIpc) is 2.70. The first-order valence-corrected chi connectivity index (χ1v) is 14.2. The highest BCUT2D eigenvalue weighted by molar-refractivity contribution is 14.1. The molecule has 0 radical (unpaired) electrons. The number of rotatable bonds is 8. The third-order valence-electron chi connectivity index (χ3n) is 4.67. The molecule has 7 heteroatoms. The number of carboxylic acid groups (broad SMARTS) is 1. The van der Waals surface area contributed by atoms with E-state index in [1.165, 1.54) is 0 Å². The topological polar surface area (TPSA) is 69.6 Å². The molecule has 0 bridgehead atoms. The van der Waals surface area contributed by atoms with E-state index in [4.69, 9.17) is 5.11 Å². The Balaban J connectivity index is 0.000000550. The number of amides is 1. The standard InChI is InChI=1S/C14H20INO.C8H7IO2.C6H15N/c1-10(2)16(11(3)4)14(17)9-12-7-5-6-8-13(12)15;9-7-4-2-1-3-6(7)5-8(10)11;1-5(2)7-6(3)4/h5-8,10-11H,9H2,1-4H3;1-4H,5H2,(H,10,11);5-7H,1-4H3. The van der Waals surface area contributed by atoms with Crippen LogP contribution in [0.2, 0.25) is 0 Å². The van der Waals surface area contributed by atoms with Crippen LogP contribution < -0.4 is 5.32 Å². The molecule has 0 aromatic heterocycles. The summed E-state index contributed by atoms with van der Waals surface area (Å²) in [4.78, 5) is 24.5. The van der Waals surface area contributed by atoms with E-state index in [1.54, 1.807) is 0 Å². The second-order valence-corrected chi connectivity index (χ2v) is 11.7. The van der Waals surface area contributed by atoms with Gasteiger partial charge in [-0.05, 0) is 96.1 Å². The lowest BCUT2D eigenvalue weighted by atomic mass is 10.1. The normalized spacial score (nSPS) is 10.6. The summed E-state index contributed by atoms with van der Waals surface area (Å²) in [6, 6.07) is 17.3. The number of benzene rings is 2. The molecule has 2 aromatic carbocycles. The summed E-state index contributed by atoms with van der Waals surface area (Å²) in [7, 11) is 0. The molecular weight excluding hydrogens is 666 g/mol. The highest BCUT2D eigenvalue weighted by atomic mass is 127. The summed E-state index contributed by atoms with van der Waals surface area (Å²) in [6.07, 6.45) is 0.606. The van der Waals surface area contributed by atoms with Crippen LogP contribution in [0.3, 0.4) is 0 Å². The van der Waals surface area contributed by atoms with Crippen LogP contribution in [-0.2, 0) is 22.4 Å². The van der Waals surface area contributed by atoms with Gasteiger partial charge >= 0.3 is 5.97 Å². The molecule has 35 heavy (non-hydrogen) atoms. The van der Waals surface area contributed by atoms with E-state index >= 15 is 0 Å². The molecule has 0 saturated heterocycles. The van der Waals surface area contributed by atoms with Crippen molar-refractivity contribution in [3.63, 3.8) is 0 Å². The van der Waals surface area contributed by atoms with Crippen LogP contribution in [0.4, 0.5) is 0 Å². The highest BCUT2D eigenvalue weighted by Crippen LogP contribution is 2.15. The van der Waals surface area contributed by atoms with Crippen LogP contribution in [0.5, 0.6) is 0 Å². The Morgan fingerprint density at radius 2 is 1.11 bits per heavy atom. The van der Waals surface area contributed by atoms with Crippen molar-refractivity contribution in [1.82, 2.24) is 10.2 Å². The zero-order valence-corrected chi connectivity index (χ0v) is 26.6. The summed E-state index contributed by atoms with van der Waals surface area (Å²) in [5.74, 6) is -0.576. The second kappa shape index (κ2) is 18.1. The van der Waals surface area contributed by atoms with Gasteiger partial charge in [0.15, 0.2) is 0 Å². The van der Waals surface area contributed by atoms with Crippen LogP contribution in [0.15, 0.2) is 48.5 Å². The molecule has 1 amide bonds. The van der Waals surface area contributed by atoms with Crippen LogP contribution >= 0.6 is 45.2 Å². The molecule has 2 aromatic rings. The van der Waals surface area contributed by atoms with Gasteiger partial charge in [0.25, 0.3) is 0 Å².